The van der Waals surface area contributed by atoms with Crippen molar-refractivity contribution in [3.63, 3.8) is 0 Å². The van der Waals surface area contributed by atoms with Crippen molar-refractivity contribution in [2.45, 2.75) is 37.8 Å². The number of hydrogen-bond donors (Lipinski definition) is 2. The van der Waals surface area contributed by atoms with Crippen LogP contribution < -0.4 is 20.7 Å². The summed E-state index contributed by atoms with van der Waals surface area (Å²) in [5.41, 5.74) is 8.34. The summed E-state index contributed by atoms with van der Waals surface area (Å²) in [4.78, 5) is 26.8. The molecule has 1 saturated carbocycles. The number of hydrogen-bond acceptors (Lipinski definition) is 9. The van der Waals surface area contributed by atoms with Crippen molar-refractivity contribution in [3.8, 4) is 5.75 Å². The number of fused-ring (bicyclic) bond motifs is 1. The summed E-state index contributed by atoms with van der Waals surface area (Å²) in [6.45, 7) is 3.17. The molecular formula is C22H26N6O3S. The van der Waals surface area contributed by atoms with E-state index in [0.29, 0.717) is 11.7 Å². The highest BCUT2D eigenvalue weighted by Gasteiger charge is 2.25. The number of ether oxygens (including phenoxy) is 2. The summed E-state index contributed by atoms with van der Waals surface area (Å²) < 4.78 is 12.0. The molecule has 0 spiro atoms. The van der Waals surface area contributed by atoms with Gasteiger partial charge in [-0.25, -0.2) is 9.97 Å². The molecule has 0 bridgehead atoms. The molecule has 9 nitrogen and oxygen atoms in total. The minimum atomic E-state index is -0.499. The molecule has 10 heteroatoms. The highest BCUT2D eigenvalue weighted by atomic mass is 32.1. The first-order valence-corrected chi connectivity index (χ1v) is 11.8. The Balaban J connectivity index is 1.26. The minimum Gasteiger partial charge on any atom is -0.488 e. The van der Waals surface area contributed by atoms with Gasteiger partial charge in [0.2, 0.25) is 0 Å². The zero-order valence-corrected chi connectivity index (χ0v) is 18.5. The van der Waals surface area contributed by atoms with Crippen molar-refractivity contribution in [2.24, 2.45) is 5.73 Å². The second kappa shape index (κ2) is 9.25. The van der Waals surface area contributed by atoms with Gasteiger partial charge < -0.3 is 25.4 Å². The van der Waals surface area contributed by atoms with Gasteiger partial charge in [-0.3, -0.25) is 9.78 Å². The molecule has 3 heterocycles. The van der Waals surface area contributed by atoms with Gasteiger partial charge in [0.05, 0.1) is 24.8 Å². The van der Waals surface area contributed by atoms with E-state index in [9.17, 15) is 4.79 Å². The third-order valence-corrected chi connectivity index (χ3v) is 6.73. The number of aromatic nitrogens is 3. The summed E-state index contributed by atoms with van der Waals surface area (Å²) in [5.74, 6) is 0.292. The van der Waals surface area contributed by atoms with Crippen LogP contribution in [0.2, 0.25) is 0 Å². The fraction of sp³-hybridized carbons (Fsp3) is 0.455. The maximum atomic E-state index is 11.2. The summed E-state index contributed by atoms with van der Waals surface area (Å²) in [5, 5.41) is 5.85. The van der Waals surface area contributed by atoms with Crippen molar-refractivity contribution in [1.82, 2.24) is 15.0 Å². The zero-order valence-electron chi connectivity index (χ0n) is 17.7. The predicted octanol–water partition coefficient (Wildman–Crippen LogP) is 2.82. The third kappa shape index (κ3) is 4.61. The van der Waals surface area contributed by atoms with Crippen molar-refractivity contribution < 1.29 is 14.3 Å². The molecule has 2 aliphatic rings. The van der Waals surface area contributed by atoms with Gasteiger partial charge >= 0.3 is 0 Å². The molecule has 0 unspecified atom stereocenters. The lowest BCUT2D eigenvalue weighted by Gasteiger charge is -2.31. The molecule has 0 radical (unpaired) electrons. The molecule has 1 amide bonds. The van der Waals surface area contributed by atoms with E-state index < -0.39 is 5.91 Å². The van der Waals surface area contributed by atoms with Crippen LogP contribution in [-0.2, 0) is 4.74 Å². The Labute approximate surface area is 190 Å². The summed E-state index contributed by atoms with van der Waals surface area (Å²) in [7, 11) is 0. The Bertz CT molecular complexity index is 1090. The number of nitrogens with zero attached hydrogens (tertiary/aromatic N) is 4. The van der Waals surface area contributed by atoms with Crippen LogP contribution >= 0.6 is 11.3 Å². The van der Waals surface area contributed by atoms with E-state index in [1.807, 2.05) is 0 Å². The van der Waals surface area contributed by atoms with E-state index in [-0.39, 0.29) is 6.10 Å². The minimum absolute atomic E-state index is 0.121. The Morgan fingerprint density at radius 3 is 2.69 bits per heavy atom. The van der Waals surface area contributed by atoms with Crippen LogP contribution in [0.3, 0.4) is 0 Å². The fourth-order valence-electron chi connectivity index (χ4n) is 4.26. The number of carbonyl (C=O) groups excluding carboxylic acids is 1. The SMILES string of the molecule is NC(=O)c1csc(N[C@H]2CC[C@@H](Oc3cc(N4CCOCC4)cc4nccnc34)CC2)n1. The number of primary amides is 1. The summed E-state index contributed by atoms with van der Waals surface area (Å²) in [6, 6.07) is 4.47. The quantitative estimate of drug-likeness (QED) is 0.584. The molecule has 3 aromatic rings. The maximum absolute atomic E-state index is 11.2. The van der Waals surface area contributed by atoms with E-state index in [1.165, 1.54) is 11.3 Å². The average Bonchev–Trinajstić information content (AvgIpc) is 3.30. The summed E-state index contributed by atoms with van der Waals surface area (Å²) >= 11 is 1.41. The largest absolute Gasteiger partial charge is 0.488 e. The number of nitrogens with one attached hydrogen (secondary N) is 1. The number of thiazole rings is 1. The van der Waals surface area contributed by atoms with Crippen molar-refractivity contribution >= 4 is 39.1 Å². The molecule has 1 aliphatic carbocycles. The molecule has 3 N–H and O–H groups in total. The van der Waals surface area contributed by atoms with E-state index in [0.717, 1.165) is 79.6 Å². The van der Waals surface area contributed by atoms with Crippen LogP contribution in [-0.4, -0.2) is 59.3 Å². The Morgan fingerprint density at radius 1 is 1.16 bits per heavy atom. The molecule has 5 rings (SSSR count). The van der Waals surface area contributed by atoms with Gasteiger partial charge in [-0.05, 0) is 31.7 Å². The first kappa shape index (κ1) is 20.9. The molecule has 168 valence electrons. The Morgan fingerprint density at radius 2 is 1.94 bits per heavy atom. The standard InChI is InChI=1S/C22H26N6O3S/c23-21(29)18-13-32-22(27-18)26-14-1-3-16(4-2-14)31-19-12-15(28-7-9-30-10-8-28)11-17-20(19)25-6-5-24-17/h5-6,11-14,16H,1-4,7-10H2,(H2,23,29)(H,26,27)/t14-,16+. The van der Waals surface area contributed by atoms with Crippen LogP contribution in [0.15, 0.2) is 29.9 Å². The van der Waals surface area contributed by atoms with Gasteiger partial charge in [0.25, 0.3) is 5.91 Å². The molecular weight excluding hydrogens is 428 g/mol. The van der Waals surface area contributed by atoms with Gasteiger partial charge in [0.15, 0.2) is 5.13 Å². The van der Waals surface area contributed by atoms with E-state index in [4.69, 9.17) is 15.2 Å². The van der Waals surface area contributed by atoms with Crippen molar-refractivity contribution in [2.75, 3.05) is 36.5 Å². The number of morpholine rings is 1. The van der Waals surface area contributed by atoms with Crippen LogP contribution in [0.5, 0.6) is 5.75 Å². The number of amides is 1. The molecule has 32 heavy (non-hydrogen) atoms. The van der Waals surface area contributed by atoms with Gasteiger partial charge in [-0.2, -0.15) is 0 Å². The van der Waals surface area contributed by atoms with Crippen LogP contribution in [0, 0.1) is 0 Å². The topological polar surface area (TPSA) is 115 Å². The Hall–Kier alpha value is -2.98. The molecule has 1 aromatic carbocycles. The summed E-state index contributed by atoms with van der Waals surface area (Å²) in [6.07, 6.45) is 7.32. The number of rotatable bonds is 6. The lowest BCUT2D eigenvalue weighted by molar-refractivity contribution is 0.0996. The second-order valence-electron chi connectivity index (χ2n) is 8.11. The molecule has 1 aliphatic heterocycles. The zero-order chi connectivity index (χ0) is 21.9. The van der Waals surface area contributed by atoms with Gasteiger partial charge in [0.1, 0.15) is 17.0 Å². The number of carbonyl (C=O) groups is 1. The van der Waals surface area contributed by atoms with Crippen molar-refractivity contribution in [1.29, 1.82) is 0 Å². The Kier molecular flexibility index (Phi) is 6.04. The molecule has 2 aromatic heterocycles. The second-order valence-corrected chi connectivity index (χ2v) is 8.96. The lowest BCUT2D eigenvalue weighted by atomic mass is 9.93. The number of benzene rings is 1. The van der Waals surface area contributed by atoms with E-state index in [1.54, 1.807) is 17.8 Å². The van der Waals surface area contributed by atoms with Crippen LogP contribution in [0.1, 0.15) is 36.2 Å². The maximum Gasteiger partial charge on any atom is 0.268 e. The van der Waals surface area contributed by atoms with E-state index in [2.05, 4.69) is 37.3 Å². The van der Waals surface area contributed by atoms with Crippen LogP contribution in [0.25, 0.3) is 11.0 Å². The van der Waals surface area contributed by atoms with Gasteiger partial charge in [0, 0.05) is 48.7 Å². The third-order valence-electron chi connectivity index (χ3n) is 5.95. The first-order valence-electron chi connectivity index (χ1n) is 10.9. The molecule has 2 fully saturated rings. The monoisotopic (exact) mass is 454 g/mol. The normalized spacial score (nSPS) is 21.4. The van der Waals surface area contributed by atoms with Gasteiger partial charge in [-0.15, -0.1) is 11.3 Å². The highest BCUT2D eigenvalue weighted by molar-refractivity contribution is 7.13. The number of nitrogens with two attached hydrogens (primary N) is 1. The lowest BCUT2D eigenvalue weighted by Crippen LogP contribution is -2.36. The average molecular weight is 455 g/mol. The van der Waals surface area contributed by atoms with Crippen LogP contribution in [0.4, 0.5) is 10.8 Å². The number of anilines is 2. The highest BCUT2D eigenvalue weighted by Crippen LogP contribution is 2.33. The van der Waals surface area contributed by atoms with Crippen molar-refractivity contribution in [3.05, 3.63) is 35.6 Å². The molecule has 0 atom stereocenters. The first-order chi connectivity index (χ1) is 15.7. The molecule has 1 saturated heterocycles. The smallest absolute Gasteiger partial charge is 0.268 e. The predicted molar refractivity (Wildman–Crippen MR) is 123 cm³/mol. The fourth-order valence-corrected chi connectivity index (χ4v) is 5.03. The van der Waals surface area contributed by atoms with E-state index >= 15 is 0 Å². The van der Waals surface area contributed by atoms with Gasteiger partial charge in [-0.1, -0.05) is 0 Å².